The highest BCUT2D eigenvalue weighted by atomic mass is 35.5. The number of carbonyl (C=O) groups is 1. The van der Waals surface area contributed by atoms with Gasteiger partial charge in [0, 0.05) is 26.7 Å². The molecule has 0 radical (unpaired) electrons. The van der Waals surface area contributed by atoms with Crippen molar-refractivity contribution in [3.8, 4) is 5.75 Å². The van der Waals surface area contributed by atoms with Crippen LogP contribution in [-0.4, -0.2) is 11.9 Å². The number of cyclic esters (lactones) is 1. The molecular weight excluding hydrogens is 409 g/mol. The number of benzene rings is 3. The Morgan fingerprint density at radius 2 is 1.72 bits per heavy atom. The molecule has 3 aromatic rings. The van der Waals surface area contributed by atoms with Gasteiger partial charge in [-0.05, 0) is 42.5 Å². The fourth-order valence-electron chi connectivity index (χ4n) is 2.80. The maximum Gasteiger partial charge on any atom is 0.363 e. The molecule has 1 heterocycles. The van der Waals surface area contributed by atoms with Crippen molar-refractivity contribution in [3.63, 3.8) is 0 Å². The number of nitrogens with zero attached hydrogens (tertiary/aromatic N) is 1. The second kappa shape index (κ2) is 8.52. The van der Waals surface area contributed by atoms with Crippen molar-refractivity contribution in [1.29, 1.82) is 0 Å². The van der Waals surface area contributed by atoms with Crippen molar-refractivity contribution < 1.29 is 14.3 Å². The molecule has 0 aromatic heterocycles. The molecule has 6 heteroatoms. The number of hydrogen-bond acceptors (Lipinski definition) is 4. The monoisotopic (exact) mass is 423 g/mol. The average Bonchev–Trinajstić information content (AvgIpc) is 3.09. The Morgan fingerprint density at radius 3 is 2.52 bits per heavy atom. The summed E-state index contributed by atoms with van der Waals surface area (Å²) in [6.07, 6.45) is 1.60. The van der Waals surface area contributed by atoms with Crippen molar-refractivity contribution in [2.24, 2.45) is 4.99 Å². The molecule has 144 valence electrons. The lowest BCUT2D eigenvalue weighted by Gasteiger charge is -2.11. The van der Waals surface area contributed by atoms with Crippen LogP contribution in [0.25, 0.3) is 6.08 Å². The number of aliphatic imine (C=N–C) groups is 1. The quantitative estimate of drug-likeness (QED) is 0.378. The highest BCUT2D eigenvalue weighted by molar-refractivity contribution is 6.31. The standard InChI is InChI=1S/C23H15Cl2NO3/c24-18-10-11-21(28-14-16-8-4-5-9-19(16)25)17(12-18)13-20-23(27)29-22(26-20)15-6-2-1-3-7-15/h1-13H,14H2/b20-13+. The molecule has 0 saturated carbocycles. The van der Waals surface area contributed by atoms with Gasteiger partial charge in [-0.2, -0.15) is 0 Å². The first-order valence-electron chi connectivity index (χ1n) is 8.84. The maximum absolute atomic E-state index is 12.3. The summed E-state index contributed by atoms with van der Waals surface area (Å²) in [7, 11) is 0. The Hall–Kier alpha value is -3.08. The fourth-order valence-corrected chi connectivity index (χ4v) is 3.17. The molecular formula is C23H15Cl2NO3. The minimum atomic E-state index is -0.527. The molecule has 29 heavy (non-hydrogen) atoms. The van der Waals surface area contributed by atoms with Crippen LogP contribution in [0.4, 0.5) is 0 Å². The third-order valence-corrected chi connectivity index (χ3v) is 4.85. The SMILES string of the molecule is O=C1OC(c2ccccc2)=N/C1=C/c1cc(Cl)ccc1OCc1ccccc1Cl. The molecule has 4 rings (SSSR count). The van der Waals surface area contributed by atoms with Crippen molar-refractivity contribution in [2.75, 3.05) is 0 Å². The van der Waals surface area contributed by atoms with Crippen LogP contribution in [0, 0.1) is 0 Å². The molecule has 0 aliphatic carbocycles. The van der Waals surface area contributed by atoms with Crippen molar-refractivity contribution in [2.45, 2.75) is 6.61 Å². The zero-order valence-electron chi connectivity index (χ0n) is 15.1. The van der Waals surface area contributed by atoms with E-state index in [1.54, 1.807) is 30.3 Å². The molecule has 0 N–H and O–H groups in total. The fraction of sp³-hybridized carbons (Fsp3) is 0.0435. The third-order valence-electron chi connectivity index (χ3n) is 4.25. The molecule has 0 bridgehead atoms. The Bertz CT molecular complexity index is 1120. The third kappa shape index (κ3) is 4.50. The summed E-state index contributed by atoms with van der Waals surface area (Å²) in [4.78, 5) is 16.6. The lowest BCUT2D eigenvalue weighted by atomic mass is 10.1. The van der Waals surface area contributed by atoms with E-state index in [-0.39, 0.29) is 18.2 Å². The van der Waals surface area contributed by atoms with E-state index < -0.39 is 5.97 Å². The first-order valence-corrected chi connectivity index (χ1v) is 9.59. The molecule has 0 fully saturated rings. The molecule has 4 nitrogen and oxygen atoms in total. The zero-order valence-corrected chi connectivity index (χ0v) is 16.7. The minimum Gasteiger partial charge on any atom is -0.488 e. The van der Waals surface area contributed by atoms with Gasteiger partial charge in [-0.1, -0.05) is 59.6 Å². The van der Waals surface area contributed by atoms with E-state index in [4.69, 9.17) is 32.7 Å². The maximum atomic E-state index is 12.3. The highest BCUT2D eigenvalue weighted by Gasteiger charge is 2.24. The predicted octanol–water partition coefficient (Wildman–Crippen LogP) is 5.92. The van der Waals surface area contributed by atoms with Crippen LogP contribution in [0.3, 0.4) is 0 Å². The van der Waals surface area contributed by atoms with Gasteiger partial charge in [0.2, 0.25) is 5.90 Å². The lowest BCUT2D eigenvalue weighted by Crippen LogP contribution is -2.05. The van der Waals surface area contributed by atoms with Crippen LogP contribution in [-0.2, 0) is 16.1 Å². The van der Waals surface area contributed by atoms with E-state index >= 15 is 0 Å². The summed E-state index contributed by atoms with van der Waals surface area (Å²) >= 11 is 12.3. The number of carbonyl (C=O) groups excluding carboxylic acids is 1. The van der Waals surface area contributed by atoms with E-state index in [1.807, 2.05) is 48.5 Å². The van der Waals surface area contributed by atoms with Crippen molar-refractivity contribution in [1.82, 2.24) is 0 Å². The first-order chi connectivity index (χ1) is 14.1. The lowest BCUT2D eigenvalue weighted by molar-refractivity contribution is -0.129. The van der Waals surface area contributed by atoms with Crippen molar-refractivity contribution >= 4 is 41.1 Å². The van der Waals surface area contributed by atoms with Gasteiger partial charge in [-0.25, -0.2) is 9.79 Å². The molecule has 0 amide bonds. The predicted molar refractivity (Wildman–Crippen MR) is 114 cm³/mol. The number of halogens is 2. The first kappa shape index (κ1) is 19.2. The van der Waals surface area contributed by atoms with Crippen molar-refractivity contribution in [3.05, 3.63) is 105 Å². The van der Waals surface area contributed by atoms with Crippen LogP contribution in [0.2, 0.25) is 10.0 Å². The van der Waals surface area contributed by atoms with E-state index in [0.29, 0.717) is 21.4 Å². The normalized spacial score (nSPS) is 14.6. The summed E-state index contributed by atoms with van der Waals surface area (Å²) < 4.78 is 11.2. The van der Waals surface area contributed by atoms with E-state index in [1.165, 1.54) is 0 Å². The molecule has 1 aliphatic rings. The summed E-state index contributed by atoms with van der Waals surface area (Å²) in [5.74, 6) is 0.293. The highest BCUT2D eigenvalue weighted by Crippen LogP contribution is 2.29. The van der Waals surface area contributed by atoms with Gasteiger partial charge in [0.15, 0.2) is 5.70 Å². The van der Waals surface area contributed by atoms with Crippen LogP contribution in [0.5, 0.6) is 5.75 Å². The number of hydrogen-bond donors (Lipinski definition) is 0. The largest absolute Gasteiger partial charge is 0.488 e. The van der Waals surface area contributed by atoms with E-state index in [0.717, 1.165) is 11.1 Å². The number of ether oxygens (including phenoxy) is 2. The summed E-state index contributed by atoms with van der Waals surface area (Å²) in [6, 6.07) is 21.9. The van der Waals surface area contributed by atoms with E-state index in [9.17, 15) is 4.79 Å². The molecule has 0 spiro atoms. The van der Waals surface area contributed by atoms with Gasteiger partial charge in [-0.3, -0.25) is 0 Å². The second-order valence-corrected chi connectivity index (χ2v) is 7.11. The van der Waals surface area contributed by atoms with Gasteiger partial charge in [0.25, 0.3) is 0 Å². The van der Waals surface area contributed by atoms with Crippen LogP contribution in [0.1, 0.15) is 16.7 Å². The van der Waals surface area contributed by atoms with Gasteiger partial charge in [-0.15, -0.1) is 0 Å². The molecule has 0 atom stereocenters. The van der Waals surface area contributed by atoms with Crippen LogP contribution in [0.15, 0.2) is 83.5 Å². The summed E-state index contributed by atoms with van der Waals surface area (Å²) in [5.41, 5.74) is 2.38. The smallest absolute Gasteiger partial charge is 0.363 e. The zero-order chi connectivity index (χ0) is 20.2. The number of rotatable bonds is 5. The van der Waals surface area contributed by atoms with Gasteiger partial charge in [0.05, 0.1) is 0 Å². The second-order valence-electron chi connectivity index (χ2n) is 6.26. The Morgan fingerprint density at radius 1 is 0.966 bits per heavy atom. The Balaban J connectivity index is 1.63. The van der Waals surface area contributed by atoms with Gasteiger partial charge < -0.3 is 9.47 Å². The van der Waals surface area contributed by atoms with E-state index in [2.05, 4.69) is 4.99 Å². The number of esters is 1. The molecule has 0 unspecified atom stereocenters. The molecule has 1 aliphatic heterocycles. The summed E-state index contributed by atoms with van der Waals surface area (Å²) in [5, 5.41) is 1.14. The average molecular weight is 424 g/mol. The summed E-state index contributed by atoms with van der Waals surface area (Å²) in [6.45, 7) is 0.278. The topological polar surface area (TPSA) is 47.9 Å². The van der Waals surface area contributed by atoms with Gasteiger partial charge in [0.1, 0.15) is 12.4 Å². The van der Waals surface area contributed by atoms with Crippen LogP contribution < -0.4 is 4.74 Å². The Kier molecular flexibility index (Phi) is 5.65. The van der Waals surface area contributed by atoms with Gasteiger partial charge >= 0.3 is 5.97 Å². The minimum absolute atomic E-state index is 0.175. The van der Waals surface area contributed by atoms with Crippen LogP contribution >= 0.6 is 23.2 Å². The Labute approximate surface area is 178 Å². The molecule has 0 saturated heterocycles. The molecule has 3 aromatic carbocycles.